The molecule has 0 spiro atoms. The van der Waals surface area contributed by atoms with Crippen molar-refractivity contribution < 1.29 is 9.59 Å². The van der Waals surface area contributed by atoms with Crippen molar-refractivity contribution in [2.45, 2.75) is 63.8 Å². The molecule has 1 saturated carbocycles. The van der Waals surface area contributed by atoms with E-state index in [1.165, 1.54) is 28.7 Å². The molecular formula is C27H33ClN4O3S. The Hall–Kier alpha value is -2.42. The summed E-state index contributed by atoms with van der Waals surface area (Å²) < 4.78 is 2.03. The second kappa shape index (κ2) is 12.2. The van der Waals surface area contributed by atoms with Crippen LogP contribution in [-0.4, -0.2) is 51.6 Å². The van der Waals surface area contributed by atoms with Crippen molar-refractivity contribution in [3.8, 4) is 0 Å². The van der Waals surface area contributed by atoms with Crippen LogP contribution in [0.4, 0.5) is 0 Å². The summed E-state index contributed by atoms with van der Waals surface area (Å²) in [5.74, 6) is 0.386. The van der Waals surface area contributed by atoms with E-state index in [-0.39, 0.29) is 23.5 Å². The van der Waals surface area contributed by atoms with Gasteiger partial charge in [0.15, 0.2) is 11.6 Å². The highest BCUT2D eigenvalue weighted by Gasteiger charge is 2.28. The van der Waals surface area contributed by atoms with E-state index in [2.05, 4.69) is 9.97 Å². The van der Waals surface area contributed by atoms with E-state index in [9.17, 15) is 14.4 Å². The number of thiazole rings is 1. The van der Waals surface area contributed by atoms with Gasteiger partial charge in [-0.3, -0.25) is 19.0 Å². The first-order valence-corrected chi connectivity index (χ1v) is 13.8. The van der Waals surface area contributed by atoms with E-state index in [1.54, 1.807) is 24.4 Å². The summed E-state index contributed by atoms with van der Waals surface area (Å²) in [7, 11) is 3.96. The van der Waals surface area contributed by atoms with Crippen LogP contribution in [0.3, 0.4) is 0 Å². The Kier molecular flexibility index (Phi) is 9.04. The second-order valence-corrected chi connectivity index (χ2v) is 11.7. The largest absolute Gasteiger partial charge is 0.309 e. The lowest BCUT2D eigenvalue weighted by molar-refractivity contribution is -0.122. The monoisotopic (exact) mass is 528 g/mol. The first-order chi connectivity index (χ1) is 17.3. The zero-order chi connectivity index (χ0) is 25.7. The number of Topliss-reactive ketones (excluding diaryl/α,β-unsaturated/α-hetero) is 2. The molecule has 1 unspecified atom stereocenters. The number of rotatable bonds is 11. The first-order valence-electron chi connectivity index (χ1n) is 12.6. The first kappa shape index (κ1) is 26.6. The predicted octanol–water partition coefficient (Wildman–Crippen LogP) is 5.35. The number of hydrogen-bond donors (Lipinski definition) is 0. The van der Waals surface area contributed by atoms with Gasteiger partial charge < -0.3 is 4.90 Å². The summed E-state index contributed by atoms with van der Waals surface area (Å²) in [6.45, 7) is 0.839. The number of carbonyl (C=O) groups is 2. The van der Waals surface area contributed by atoms with Gasteiger partial charge in [0.25, 0.3) is 5.56 Å². The van der Waals surface area contributed by atoms with Crippen LogP contribution >= 0.6 is 22.9 Å². The molecule has 0 amide bonds. The summed E-state index contributed by atoms with van der Waals surface area (Å²) in [6.07, 6.45) is 10.7. The third kappa shape index (κ3) is 6.66. The molecule has 0 saturated heterocycles. The molecule has 4 rings (SSSR count). The van der Waals surface area contributed by atoms with Crippen molar-refractivity contribution in [2.24, 2.45) is 5.92 Å². The molecule has 0 aliphatic heterocycles. The fourth-order valence-electron chi connectivity index (χ4n) is 5.01. The van der Waals surface area contributed by atoms with Crippen molar-refractivity contribution in [3.05, 3.63) is 56.0 Å². The third-order valence-corrected chi connectivity index (χ3v) is 8.07. The zero-order valence-electron chi connectivity index (χ0n) is 20.9. The Bertz CT molecular complexity index is 1280. The Morgan fingerprint density at radius 3 is 2.67 bits per heavy atom. The lowest BCUT2D eigenvalue weighted by atomic mass is 9.83. The Labute approximate surface area is 220 Å². The molecule has 36 heavy (non-hydrogen) atoms. The molecule has 1 aliphatic carbocycles. The van der Waals surface area contributed by atoms with Gasteiger partial charge in [-0.05, 0) is 51.5 Å². The van der Waals surface area contributed by atoms with Gasteiger partial charge in [-0.25, -0.2) is 9.97 Å². The van der Waals surface area contributed by atoms with Crippen LogP contribution in [0.2, 0.25) is 4.34 Å². The highest BCUT2D eigenvalue weighted by Crippen LogP contribution is 2.32. The standard InChI is InChI=1S/C27H33ClN4O3S/c1-31(2)12-6-9-23(33)19-10-11-20-21(14-19)30-17-32(27(20)35)22(13-18-7-4-3-5-8-18)24(34)15-26-29-16-25(28)36-26/h10-11,14,16-18,22H,3-9,12-13,15H2,1-2H3. The maximum absolute atomic E-state index is 13.5. The summed E-state index contributed by atoms with van der Waals surface area (Å²) in [4.78, 5) is 50.4. The highest BCUT2D eigenvalue weighted by molar-refractivity contribution is 7.15. The van der Waals surface area contributed by atoms with E-state index >= 15 is 0 Å². The molecule has 1 atom stereocenters. The lowest BCUT2D eigenvalue weighted by Crippen LogP contribution is -2.33. The lowest BCUT2D eigenvalue weighted by Gasteiger charge is -2.27. The Morgan fingerprint density at radius 2 is 1.97 bits per heavy atom. The molecule has 0 bridgehead atoms. The summed E-state index contributed by atoms with van der Waals surface area (Å²) in [5, 5.41) is 1.07. The van der Waals surface area contributed by atoms with Gasteiger partial charge in [0.2, 0.25) is 0 Å². The minimum absolute atomic E-state index is 0.0391. The van der Waals surface area contributed by atoms with Crippen LogP contribution in [-0.2, 0) is 11.2 Å². The molecule has 0 N–H and O–H groups in total. The molecule has 1 aromatic carbocycles. The molecular weight excluding hydrogens is 496 g/mol. The van der Waals surface area contributed by atoms with Crippen molar-refractivity contribution >= 4 is 45.4 Å². The molecule has 7 nitrogen and oxygen atoms in total. The summed E-state index contributed by atoms with van der Waals surface area (Å²) in [5.41, 5.74) is 0.782. The molecule has 1 aliphatic rings. The maximum Gasteiger partial charge on any atom is 0.261 e. The zero-order valence-corrected chi connectivity index (χ0v) is 22.5. The highest BCUT2D eigenvalue weighted by atomic mass is 35.5. The van der Waals surface area contributed by atoms with Crippen LogP contribution in [0.15, 0.2) is 35.5 Å². The smallest absolute Gasteiger partial charge is 0.261 e. The van der Waals surface area contributed by atoms with Crippen molar-refractivity contribution in [3.63, 3.8) is 0 Å². The van der Waals surface area contributed by atoms with Gasteiger partial charge in [-0.1, -0.05) is 49.8 Å². The van der Waals surface area contributed by atoms with Gasteiger partial charge in [-0.2, -0.15) is 0 Å². The van der Waals surface area contributed by atoms with E-state index in [1.807, 2.05) is 19.0 Å². The van der Waals surface area contributed by atoms with Gasteiger partial charge in [0.1, 0.15) is 9.34 Å². The third-order valence-electron chi connectivity index (χ3n) is 6.95. The molecule has 0 radical (unpaired) electrons. The average Bonchev–Trinajstić information content (AvgIpc) is 3.27. The number of fused-ring (bicyclic) bond motifs is 1. The van der Waals surface area contributed by atoms with Crippen LogP contribution in [0, 0.1) is 5.92 Å². The van der Waals surface area contributed by atoms with Crippen LogP contribution in [0.1, 0.15) is 72.8 Å². The molecule has 1 fully saturated rings. The van der Waals surface area contributed by atoms with Crippen molar-refractivity contribution in [1.29, 1.82) is 0 Å². The number of hydrogen-bond acceptors (Lipinski definition) is 7. The number of nitrogens with zero attached hydrogens (tertiary/aromatic N) is 4. The molecule has 192 valence electrons. The summed E-state index contributed by atoms with van der Waals surface area (Å²) in [6, 6.07) is 4.45. The van der Waals surface area contributed by atoms with E-state index in [4.69, 9.17) is 11.6 Å². The quantitative estimate of drug-likeness (QED) is 0.312. The van der Waals surface area contributed by atoms with Gasteiger partial charge in [0.05, 0.1) is 35.9 Å². The Morgan fingerprint density at radius 1 is 1.19 bits per heavy atom. The molecule has 2 heterocycles. The SMILES string of the molecule is CN(C)CCCC(=O)c1ccc2c(=O)n(C(CC3CCCCC3)C(=O)Cc3ncc(Cl)s3)cnc2c1. The average molecular weight is 529 g/mol. The normalized spacial score (nSPS) is 15.4. The molecule has 9 heteroatoms. The van der Waals surface area contributed by atoms with Gasteiger partial charge in [0, 0.05) is 12.0 Å². The molecule has 2 aromatic heterocycles. The fraction of sp³-hybridized carbons (Fsp3) is 0.519. The number of benzene rings is 1. The van der Waals surface area contributed by atoms with Crippen LogP contribution < -0.4 is 5.56 Å². The van der Waals surface area contributed by atoms with Crippen molar-refractivity contribution in [2.75, 3.05) is 20.6 Å². The van der Waals surface area contributed by atoms with Crippen LogP contribution in [0.5, 0.6) is 0 Å². The molecule has 3 aromatic rings. The number of halogens is 1. The van der Waals surface area contributed by atoms with E-state index < -0.39 is 6.04 Å². The van der Waals surface area contributed by atoms with Gasteiger partial charge in [-0.15, -0.1) is 11.3 Å². The topological polar surface area (TPSA) is 85.2 Å². The fourth-order valence-corrected chi connectivity index (χ4v) is 5.97. The van der Waals surface area contributed by atoms with E-state index in [0.717, 1.165) is 38.6 Å². The van der Waals surface area contributed by atoms with Crippen LogP contribution in [0.25, 0.3) is 10.9 Å². The predicted molar refractivity (Wildman–Crippen MR) is 144 cm³/mol. The number of aromatic nitrogens is 3. The summed E-state index contributed by atoms with van der Waals surface area (Å²) >= 11 is 7.31. The number of ketones is 2. The van der Waals surface area contributed by atoms with E-state index in [0.29, 0.717) is 44.6 Å². The van der Waals surface area contributed by atoms with Gasteiger partial charge >= 0.3 is 0 Å². The minimum Gasteiger partial charge on any atom is -0.309 e. The Balaban J connectivity index is 1.61. The number of carbonyl (C=O) groups excluding carboxylic acids is 2. The van der Waals surface area contributed by atoms with Crippen molar-refractivity contribution in [1.82, 2.24) is 19.4 Å². The maximum atomic E-state index is 13.5. The second-order valence-electron chi connectivity index (χ2n) is 9.98. The minimum atomic E-state index is -0.604.